The van der Waals surface area contributed by atoms with Crippen LogP contribution in [0, 0.1) is 0 Å². The summed E-state index contributed by atoms with van der Waals surface area (Å²) in [5, 5.41) is 7.94. The molecule has 24 heavy (non-hydrogen) atoms. The minimum Gasteiger partial charge on any atom is -0.264 e. The zero-order valence-corrected chi connectivity index (χ0v) is 13.1. The Morgan fingerprint density at radius 1 is 0.625 bits per heavy atom. The van der Waals surface area contributed by atoms with Gasteiger partial charge in [-0.3, -0.25) is 4.98 Å². The van der Waals surface area contributed by atoms with Crippen molar-refractivity contribution in [1.29, 1.82) is 0 Å². The summed E-state index contributed by atoms with van der Waals surface area (Å²) in [6.45, 7) is 0. The van der Waals surface area contributed by atoms with Crippen LogP contribution in [0.4, 0.5) is 0 Å². The van der Waals surface area contributed by atoms with Crippen LogP contribution < -0.4 is 0 Å². The Balaban J connectivity index is 1.80. The molecule has 0 aliphatic rings. The molecule has 0 fully saturated rings. The minimum absolute atomic E-state index is 1.11. The average molecular weight is 305 g/mol. The van der Waals surface area contributed by atoms with Crippen molar-refractivity contribution < 1.29 is 0 Å². The van der Waals surface area contributed by atoms with E-state index in [1.54, 1.807) is 6.20 Å². The highest BCUT2D eigenvalue weighted by Crippen LogP contribution is 2.36. The maximum absolute atomic E-state index is 4.17. The third-order valence-corrected chi connectivity index (χ3v) is 4.70. The van der Waals surface area contributed by atoms with Crippen LogP contribution in [-0.4, -0.2) is 4.98 Å². The molecule has 1 heteroatoms. The summed E-state index contributed by atoms with van der Waals surface area (Å²) in [5.74, 6) is 0. The number of nitrogens with zero attached hydrogens (tertiary/aromatic N) is 1. The molecule has 0 N–H and O–H groups in total. The van der Waals surface area contributed by atoms with Gasteiger partial charge in [0.05, 0.1) is 0 Å². The van der Waals surface area contributed by atoms with Gasteiger partial charge in [0.15, 0.2) is 0 Å². The third kappa shape index (κ3) is 1.99. The molecule has 0 saturated heterocycles. The lowest BCUT2D eigenvalue weighted by Gasteiger charge is -2.12. The molecule has 0 aliphatic carbocycles. The standard InChI is InChI=1S/C23H15N/c1-4-18-10-11-20-9-8-17(7-6-16-3-2-14-24-15-16)21-13-12-19(5-1)22(18)23(20)21/h1-15H/b7-6+. The highest BCUT2D eigenvalue weighted by molar-refractivity contribution is 6.24. The zero-order chi connectivity index (χ0) is 15.9. The van der Waals surface area contributed by atoms with E-state index >= 15 is 0 Å². The molecule has 1 aromatic heterocycles. The first kappa shape index (κ1) is 13.3. The van der Waals surface area contributed by atoms with Crippen LogP contribution >= 0.6 is 0 Å². The van der Waals surface area contributed by atoms with Crippen molar-refractivity contribution in [2.75, 3.05) is 0 Å². The first-order valence-corrected chi connectivity index (χ1v) is 8.15. The number of pyridine rings is 1. The summed E-state index contributed by atoms with van der Waals surface area (Å²) in [4.78, 5) is 4.17. The Kier molecular flexibility index (Phi) is 2.86. The predicted molar refractivity (Wildman–Crippen MR) is 103 cm³/mol. The van der Waals surface area contributed by atoms with Crippen molar-refractivity contribution in [3.8, 4) is 0 Å². The van der Waals surface area contributed by atoms with Gasteiger partial charge in [0.1, 0.15) is 0 Å². The van der Waals surface area contributed by atoms with Crippen molar-refractivity contribution >= 4 is 44.5 Å². The molecule has 0 radical (unpaired) electrons. The first-order chi connectivity index (χ1) is 11.9. The Labute approximate surface area is 140 Å². The van der Waals surface area contributed by atoms with Crippen LogP contribution in [0.15, 0.2) is 79.1 Å². The third-order valence-electron chi connectivity index (χ3n) is 4.70. The number of hydrogen-bond acceptors (Lipinski definition) is 1. The van der Waals surface area contributed by atoms with Gasteiger partial charge in [-0.05, 0) is 49.5 Å². The van der Waals surface area contributed by atoms with Crippen LogP contribution in [-0.2, 0) is 0 Å². The summed E-state index contributed by atoms with van der Waals surface area (Å²) in [6.07, 6.45) is 7.99. The molecule has 0 bridgehead atoms. The SMILES string of the molecule is C(=C\c1ccc2ccc3cccc4ccc1c2c34)/c1cccnc1. The lowest BCUT2D eigenvalue weighted by atomic mass is 9.92. The molecule has 5 aromatic rings. The zero-order valence-electron chi connectivity index (χ0n) is 13.1. The Morgan fingerprint density at radius 3 is 2.17 bits per heavy atom. The molecular formula is C23H15N. The molecule has 0 spiro atoms. The summed E-state index contributed by atoms with van der Waals surface area (Å²) in [6, 6.07) is 23.9. The second-order valence-electron chi connectivity index (χ2n) is 6.13. The summed E-state index contributed by atoms with van der Waals surface area (Å²) < 4.78 is 0. The average Bonchev–Trinajstić information content (AvgIpc) is 2.66. The van der Waals surface area contributed by atoms with Gasteiger partial charge in [-0.25, -0.2) is 0 Å². The Hall–Kier alpha value is -3.19. The molecule has 4 aromatic carbocycles. The first-order valence-electron chi connectivity index (χ1n) is 8.15. The molecule has 0 aliphatic heterocycles. The van der Waals surface area contributed by atoms with E-state index in [1.165, 1.54) is 37.9 Å². The van der Waals surface area contributed by atoms with Gasteiger partial charge in [0.25, 0.3) is 0 Å². The Morgan fingerprint density at radius 2 is 1.38 bits per heavy atom. The van der Waals surface area contributed by atoms with Crippen LogP contribution in [0.5, 0.6) is 0 Å². The predicted octanol–water partition coefficient (Wildman–Crippen LogP) is 6.15. The van der Waals surface area contributed by atoms with Gasteiger partial charge in [-0.2, -0.15) is 0 Å². The topological polar surface area (TPSA) is 12.9 Å². The molecule has 0 saturated carbocycles. The lowest BCUT2D eigenvalue weighted by molar-refractivity contribution is 1.32. The molecule has 1 nitrogen and oxygen atoms in total. The molecule has 1 heterocycles. The van der Waals surface area contributed by atoms with Gasteiger partial charge in [0, 0.05) is 12.4 Å². The number of rotatable bonds is 2. The highest BCUT2D eigenvalue weighted by Gasteiger charge is 2.09. The van der Waals surface area contributed by atoms with E-state index in [4.69, 9.17) is 0 Å². The summed E-state index contributed by atoms with van der Waals surface area (Å²) >= 11 is 0. The van der Waals surface area contributed by atoms with Gasteiger partial charge in [0.2, 0.25) is 0 Å². The van der Waals surface area contributed by atoms with Gasteiger partial charge in [-0.15, -0.1) is 0 Å². The molecule has 112 valence electrons. The molecule has 5 rings (SSSR count). The van der Waals surface area contributed by atoms with Crippen molar-refractivity contribution in [2.24, 2.45) is 0 Å². The Bertz CT molecular complexity index is 1170. The highest BCUT2D eigenvalue weighted by atomic mass is 14.6. The summed E-state index contributed by atoms with van der Waals surface area (Å²) in [7, 11) is 0. The smallest absolute Gasteiger partial charge is 0.0340 e. The molecule has 0 amide bonds. The summed E-state index contributed by atoms with van der Waals surface area (Å²) in [5.41, 5.74) is 2.35. The maximum atomic E-state index is 4.17. The second kappa shape index (κ2) is 5.17. The number of benzene rings is 4. The van der Waals surface area contributed by atoms with E-state index in [9.17, 15) is 0 Å². The normalized spacial score (nSPS) is 12.0. The number of aromatic nitrogens is 1. The van der Waals surface area contributed by atoms with Crippen molar-refractivity contribution in [3.05, 3.63) is 90.3 Å². The van der Waals surface area contributed by atoms with E-state index < -0.39 is 0 Å². The molecule has 0 unspecified atom stereocenters. The minimum atomic E-state index is 1.11. The maximum Gasteiger partial charge on any atom is 0.0340 e. The van der Waals surface area contributed by atoms with E-state index in [0.29, 0.717) is 0 Å². The van der Waals surface area contributed by atoms with E-state index in [-0.39, 0.29) is 0 Å². The quantitative estimate of drug-likeness (QED) is 0.356. The van der Waals surface area contributed by atoms with Crippen molar-refractivity contribution in [3.63, 3.8) is 0 Å². The van der Waals surface area contributed by atoms with Crippen LogP contribution in [0.3, 0.4) is 0 Å². The fraction of sp³-hybridized carbons (Fsp3) is 0. The van der Waals surface area contributed by atoms with Crippen LogP contribution in [0.2, 0.25) is 0 Å². The van der Waals surface area contributed by atoms with E-state index in [1.807, 2.05) is 12.3 Å². The van der Waals surface area contributed by atoms with Gasteiger partial charge in [-0.1, -0.05) is 72.8 Å². The second-order valence-corrected chi connectivity index (χ2v) is 6.13. The van der Waals surface area contributed by atoms with Crippen molar-refractivity contribution in [2.45, 2.75) is 0 Å². The monoisotopic (exact) mass is 305 g/mol. The number of hydrogen-bond donors (Lipinski definition) is 0. The lowest BCUT2D eigenvalue weighted by Crippen LogP contribution is -1.86. The van der Waals surface area contributed by atoms with Crippen LogP contribution in [0.25, 0.3) is 44.5 Å². The van der Waals surface area contributed by atoms with E-state index in [0.717, 1.165) is 5.56 Å². The van der Waals surface area contributed by atoms with Crippen LogP contribution in [0.1, 0.15) is 11.1 Å². The fourth-order valence-electron chi connectivity index (χ4n) is 3.56. The van der Waals surface area contributed by atoms with E-state index in [2.05, 4.69) is 77.8 Å². The fourth-order valence-corrected chi connectivity index (χ4v) is 3.56. The van der Waals surface area contributed by atoms with Gasteiger partial charge < -0.3 is 0 Å². The molecule has 0 atom stereocenters. The van der Waals surface area contributed by atoms with Gasteiger partial charge >= 0.3 is 0 Å². The van der Waals surface area contributed by atoms with Crippen molar-refractivity contribution in [1.82, 2.24) is 4.98 Å². The largest absolute Gasteiger partial charge is 0.264 e. The molecular weight excluding hydrogens is 290 g/mol.